The number of hydrogen-bond donors (Lipinski definition) is 2. The van der Waals surface area contributed by atoms with E-state index in [-0.39, 0.29) is 26.1 Å². The molecule has 0 aliphatic carbocycles. The Morgan fingerprint density at radius 3 is 3.08 bits per heavy atom. The summed E-state index contributed by atoms with van der Waals surface area (Å²) in [7, 11) is -3.56. The van der Waals surface area contributed by atoms with Crippen LogP contribution in [0.5, 0.6) is 0 Å². The van der Waals surface area contributed by atoms with Crippen LogP contribution in [-0.2, 0) is 18.3 Å². The molecule has 1 unspecified atom stereocenters. The van der Waals surface area contributed by atoms with Crippen molar-refractivity contribution in [2.45, 2.75) is 31.3 Å². The van der Waals surface area contributed by atoms with E-state index in [9.17, 15) is 18.9 Å². The Morgan fingerprint density at radius 2 is 2.33 bits per heavy atom. The zero-order chi connectivity index (χ0) is 17.3. The molecule has 12 heteroatoms. The molecule has 0 amide bonds. The summed E-state index contributed by atoms with van der Waals surface area (Å²) in [6.07, 6.45) is -1.15. The van der Waals surface area contributed by atoms with E-state index in [1.807, 2.05) is 11.1 Å². The minimum atomic E-state index is -3.56. The third-order valence-electron chi connectivity index (χ3n) is 3.55. The number of hydrogen-bond acceptors (Lipinski definition) is 8. The molecule has 4 atom stereocenters. The minimum Gasteiger partial charge on any atom is -0.349 e. The molecule has 3 rings (SSSR count). The largest absolute Gasteiger partial charge is 0.573 e. The van der Waals surface area contributed by atoms with Crippen LogP contribution in [0.4, 0.5) is 4.39 Å². The van der Waals surface area contributed by atoms with E-state index < -0.39 is 43.7 Å². The lowest BCUT2D eigenvalue weighted by atomic mass is 10.2. The van der Waals surface area contributed by atoms with Gasteiger partial charge in [-0.1, -0.05) is 0 Å². The fraction of sp³-hybridized carbons (Fsp3) is 0.583. The van der Waals surface area contributed by atoms with Crippen molar-refractivity contribution in [1.29, 1.82) is 5.26 Å². The average Bonchev–Trinajstić information content (AvgIpc) is 2.93. The maximum atomic E-state index is 13.4. The molecule has 2 aliphatic heterocycles. The summed E-state index contributed by atoms with van der Waals surface area (Å²) in [5, 5.41) is 8.47. The summed E-state index contributed by atoms with van der Waals surface area (Å²) < 4.78 is 35.5. The summed E-state index contributed by atoms with van der Waals surface area (Å²) in [5.41, 5.74) is -1.93. The first kappa shape index (κ1) is 17.2. The van der Waals surface area contributed by atoms with Crippen LogP contribution < -0.4 is 11.2 Å². The molecule has 130 valence electrons. The highest BCUT2D eigenvalue weighted by atomic mass is 31.2. The van der Waals surface area contributed by atoms with Gasteiger partial charge >= 0.3 is 13.9 Å². The summed E-state index contributed by atoms with van der Waals surface area (Å²) in [4.78, 5) is 34.8. The predicted octanol–water partition coefficient (Wildman–Crippen LogP) is -0.0212. The number of nitriles is 1. The molecule has 0 saturated carbocycles. The van der Waals surface area contributed by atoms with Crippen molar-refractivity contribution < 1.29 is 27.6 Å². The van der Waals surface area contributed by atoms with E-state index in [1.54, 1.807) is 0 Å². The molecule has 3 heterocycles. The smallest absolute Gasteiger partial charge is 0.349 e. The molecular formula is C12H14FN3O7P+. The number of rotatable bonds is 4. The van der Waals surface area contributed by atoms with Gasteiger partial charge in [0.1, 0.15) is 31.6 Å². The molecular weight excluding hydrogens is 348 g/mol. The van der Waals surface area contributed by atoms with Crippen LogP contribution in [0.2, 0.25) is 0 Å². The predicted molar refractivity (Wildman–Crippen MR) is 76.0 cm³/mol. The van der Waals surface area contributed by atoms with Gasteiger partial charge in [0.25, 0.3) is 5.56 Å². The van der Waals surface area contributed by atoms with E-state index in [4.69, 9.17) is 23.6 Å². The van der Waals surface area contributed by atoms with Gasteiger partial charge in [-0.05, 0) is 0 Å². The molecule has 24 heavy (non-hydrogen) atoms. The number of aromatic nitrogens is 2. The van der Waals surface area contributed by atoms with E-state index in [0.29, 0.717) is 0 Å². The number of nitrogens with one attached hydrogen (secondary N) is 1. The van der Waals surface area contributed by atoms with Gasteiger partial charge in [-0.25, -0.2) is 4.79 Å². The maximum Gasteiger partial charge on any atom is 0.573 e. The van der Waals surface area contributed by atoms with Gasteiger partial charge in [0.15, 0.2) is 0 Å². The van der Waals surface area contributed by atoms with E-state index in [1.165, 1.54) is 0 Å². The molecule has 0 aromatic carbocycles. The van der Waals surface area contributed by atoms with Crippen molar-refractivity contribution >= 4 is 8.17 Å². The second-order valence-electron chi connectivity index (χ2n) is 5.16. The summed E-state index contributed by atoms with van der Waals surface area (Å²) in [6, 6.07) is 1.86. The van der Waals surface area contributed by atoms with Gasteiger partial charge in [0.05, 0.1) is 18.7 Å². The number of ether oxygens (including phenoxy) is 1. The van der Waals surface area contributed by atoms with Crippen LogP contribution in [0.25, 0.3) is 0 Å². The summed E-state index contributed by atoms with van der Waals surface area (Å²) in [6.45, 7) is -0.0916. The average molecular weight is 362 g/mol. The standard InChI is InChI=1S/C12H13FN3O7P/c13-7-5-16(12(18)15-11(7)17)10-4-8-9(22-10)6-21-24(19,23-8)20-3-1-2-14/h5,8-10,19H,1,3-4,6H2/p+1/t8-,9+,10+,24?/m0/s1. The Balaban J connectivity index is 1.71. The monoisotopic (exact) mass is 362 g/mol. The van der Waals surface area contributed by atoms with Gasteiger partial charge in [0, 0.05) is 6.42 Å². The fourth-order valence-corrected chi connectivity index (χ4v) is 3.87. The van der Waals surface area contributed by atoms with Crippen LogP contribution in [-0.4, -0.2) is 39.9 Å². The van der Waals surface area contributed by atoms with Gasteiger partial charge in [-0.2, -0.15) is 23.6 Å². The Morgan fingerprint density at radius 1 is 1.54 bits per heavy atom. The second-order valence-corrected chi connectivity index (χ2v) is 6.82. The third kappa shape index (κ3) is 3.39. The SMILES string of the molecule is N#CCCO[P+]1(O)OC[C@H]2O[C@@H](n3cc(F)c(=O)[nH]c3=O)C[C@@H]2O1. The highest BCUT2D eigenvalue weighted by Crippen LogP contribution is 2.63. The lowest BCUT2D eigenvalue weighted by Crippen LogP contribution is -2.35. The molecule has 10 nitrogen and oxygen atoms in total. The van der Waals surface area contributed by atoms with Crippen molar-refractivity contribution in [2.75, 3.05) is 13.2 Å². The molecule has 0 radical (unpaired) electrons. The number of aromatic amines is 1. The first-order chi connectivity index (χ1) is 11.4. The highest BCUT2D eigenvalue weighted by Gasteiger charge is 2.57. The van der Waals surface area contributed by atoms with Gasteiger partial charge in [-0.3, -0.25) is 14.3 Å². The van der Waals surface area contributed by atoms with Gasteiger partial charge in [-0.15, -0.1) is 4.52 Å². The van der Waals surface area contributed by atoms with Crippen LogP contribution in [0.15, 0.2) is 15.8 Å². The van der Waals surface area contributed by atoms with Crippen molar-refractivity contribution in [2.24, 2.45) is 0 Å². The normalized spacial score (nSPS) is 32.3. The fourth-order valence-electron chi connectivity index (χ4n) is 2.45. The van der Waals surface area contributed by atoms with Gasteiger partial charge < -0.3 is 4.74 Å². The second kappa shape index (κ2) is 6.68. The molecule has 0 bridgehead atoms. The third-order valence-corrected chi connectivity index (χ3v) is 5.08. The van der Waals surface area contributed by atoms with E-state index in [2.05, 4.69) is 0 Å². The molecule has 2 N–H and O–H groups in total. The maximum absolute atomic E-state index is 13.4. The van der Waals surface area contributed by atoms with Gasteiger partial charge in [0.2, 0.25) is 5.82 Å². The Bertz CT molecular complexity index is 777. The molecule has 0 spiro atoms. The van der Waals surface area contributed by atoms with E-state index in [0.717, 1.165) is 10.8 Å². The molecule has 1 aromatic heterocycles. The van der Waals surface area contributed by atoms with E-state index >= 15 is 0 Å². The van der Waals surface area contributed by atoms with Crippen LogP contribution in [0, 0.1) is 17.1 Å². The summed E-state index contributed by atoms with van der Waals surface area (Å²) in [5.74, 6) is -1.12. The quantitative estimate of drug-likeness (QED) is 0.563. The number of halogens is 1. The number of nitrogens with zero attached hydrogens (tertiary/aromatic N) is 2. The molecule has 1 aromatic rings. The molecule has 2 fully saturated rings. The first-order valence-electron chi connectivity index (χ1n) is 7.04. The highest BCUT2D eigenvalue weighted by molar-refractivity contribution is 7.55. The van der Waals surface area contributed by atoms with Crippen LogP contribution >= 0.6 is 8.17 Å². The lowest BCUT2D eigenvalue weighted by molar-refractivity contribution is -0.0816. The summed E-state index contributed by atoms with van der Waals surface area (Å²) >= 11 is 0. The zero-order valence-electron chi connectivity index (χ0n) is 12.3. The topological polar surface area (TPSA) is 136 Å². The van der Waals surface area contributed by atoms with Crippen LogP contribution in [0.3, 0.4) is 0 Å². The Kier molecular flexibility index (Phi) is 4.78. The Hall–Kier alpha value is -1.67. The zero-order valence-corrected chi connectivity index (χ0v) is 13.1. The first-order valence-corrected chi connectivity index (χ1v) is 8.54. The molecule has 2 saturated heterocycles. The minimum absolute atomic E-state index is 0.0431. The number of H-pyrrole nitrogens is 1. The van der Waals surface area contributed by atoms with Crippen molar-refractivity contribution in [3.05, 3.63) is 32.9 Å². The molecule has 2 aliphatic rings. The van der Waals surface area contributed by atoms with Crippen molar-refractivity contribution in [3.63, 3.8) is 0 Å². The van der Waals surface area contributed by atoms with Crippen molar-refractivity contribution in [3.8, 4) is 6.07 Å². The Labute approximate surface area is 135 Å². The van der Waals surface area contributed by atoms with Crippen molar-refractivity contribution in [1.82, 2.24) is 9.55 Å². The van der Waals surface area contributed by atoms with Crippen LogP contribution in [0.1, 0.15) is 19.1 Å². The lowest BCUT2D eigenvalue weighted by Gasteiger charge is -2.26. The number of fused-ring (bicyclic) bond motifs is 1.